The highest BCUT2D eigenvalue weighted by atomic mass is 28.3. The molecule has 0 atom stereocenters. The van der Waals surface area contributed by atoms with Crippen LogP contribution in [0, 0.1) is 0 Å². The minimum absolute atomic E-state index is 0.402. The van der Waals surface area contributed by atoms with Gasteiger partial charge in [0, 0.05) is 29.2 Å². The van der Waals surface area contributed by atoms with E-state index in [4.69, 9.17) is 9.97 Å². The number of aromatic nitrogens is 4. The molecule has 47 heavy (non-hydrogen) atoms. The molecule has 0 aliphatic rings. The number of imidazole rings is 2. The van der Waals surface area contributed by atoms with E-state index in [1.165, 1.54) is 27.2 Å². The topological polar surface area (TPSA) is 35.6 Å². The zero-order valence-corrected chi connectivity index (χ0v) is 29.1. The number of para-hydroxylation sites is 4. The molecule has 5 aromatic carbocycles. The molecule has 0 radical (unpaired) electrons. The summed E-state index contributed by atoms with van der Waals surface area (Å²) in [5.41, 5.74) is 9.44. The van der Waals surface area contributed by atoms with Crippen molar-refractivity contribution in [1.29, 1.82) is 0 Å². The largest absolute Gasteiger partial charge is 0.299 e. The Kier molecular flexibility index (Phi) is 8.02. The zero-order valence-electron chi connectivity index (χ0n) is 28.1. The second-order valence-corrected chi connectivity index (χ2v) is 18.0. The van der Waals surface area contributed by atoms with Crippen LogP contribution in [-0.4, -0.2) is 27.2 Å². The maximum absolute atomic E-state index is 5.15. The molecule has 0 aliphatic heterocycles. The lowest BCUT2D eigenvalue weighted by Crippen LogP contribution is -2.52. The van der Waals surface area contributed by atoms with Gasteiger partial charge >= 0.3 is 0 Å². The summed E-state index contributed by atoms with van der Waals surface area (Å²) < 4.78 is 4.59. The number of fused-ring (bicyclic) bond motifs is 1. The van der Waals surface area contributed by atoms with Crippen LogP contribution >= 0.6 is 0 Å². The quantitative estimate of drug-likeness (QED) is 0.157. The number of rotatable bonds is 8. The van der Waals surface area contributed by atoms with Crippen LogP contribution in [0.15, 0.2) is 134 Å². The molecule has 0 bridgehead atoms. The third kappa shape index (κ3) is 5.55. The first-order valence-electron chi connectivity index (χ1n) is 16.7. The van der Waals surface area contributed by atoms with Gasteiger partial charge in [0.05, 0.1) is 16.7 Å². The molecule has 0 saturated carbocycles. The van der Waals surface area contributed by atoms with Crippen molar-refractivity contribution in [2.75, 3.05) is 0 Å². The summed E-state index contributed by atoms with van der Waals surface area (Å²) in [5, 5.41) is 2.74. The Balaban J connectivity index is 1.31. The average molecular weight is 631 g/mol. The van der Waals surface area contributed by atoms with Gasteiger partial charge in [0.25, 0.3) is 0 Å². The fraction of sp³-hybridized carbons (Fsp3) is 0.190. The lowest BCUT2D eigenvalue weighted by atomic mass is 9.92. The van der Waals surface area contributed by atoms with Crippen molar-refractivity contribution in [3.63, 3.8) is 0 Å². The van der Waals surface area contributed by atoms with Crippen molar-refractivity contribution >= 4 is 29.5 Å². The summed E-state index contributed by atoms with van der Waals surface area (Å²) in [6.07, 6.45) is 4.06. The molecule has 0 fully saturated rings. The van der Waals surface area contributed by atoms with E-state index in [9.17, 15) is 0 Å². The van der Waals surface area contributed by atoms with E-state index in [1.807, 2.05) is 6.20 Å². The first kappa shape index (κ1) is 30.6. The van der Waals surface area contributed by atoms with Crippen molar-refractivity contribution < 1.29 is 0 Å². The van der Waals surface area contributed by atoms with Crippen molar-refractivity contribution in [1.82, 2.24) is 19.1 Å². The minimum Gasteiger partial charge on any atom is -0.299 e. The predicted molar refractivity (Wildman–Crippen MR) is 200 cm³/mol. The average Bonchev–Trinajstić information content (AvgIpc) is 3.74. The third-order valence-corrected chi connectivity index (χ3v) is 13.0. The molecule has 0 amide bonds. The van der Waals surface area contributed by atoms with E-state index < -0.39 is 8.07 Å². The molecule has 2 aromatic heterocycles. The van der Waals surface area contributed by atoms with Gasteiger partial charge in [0.1, 0.15) is 19.7 Å². The second-order valence-electron chi connectivity index (χ2n) is 13.6. The smallest absolute Gasteiger partial charge is 0.145 e. The van der Waals surface area contributed by atoms with Crippen LogP contribution in [0.3, 0.4) is 0 Å². The highest BCUT2D eigenvalue weighted by molar-refractivity contribution is 7.00. The van der Waals surface area contributed by atoms with Gasteiger partial charge in [-0.3, -0.25) is 9.13 Å². The summed E-state index contributed by atoms with van der Waals surface area (Å²) in [4.78, 5) is 10.1. The molecule has 0 N–H and O–H groups in total. The lowest BCUT2D eigenvalue weighted by Gasteiger charge is -2.25. The monoisotopic (exact) mass is 630 g/mol. The molecule has 7 aromatic rings. The van der Waals surface area contributed by atoms with E-state index >= 15 is 0 Å². The molecule has 0 aliphatic carbocycles. The molecule has 7 rings (SSSR count). The molecule has 0 saturated heterocycles. The molecular weight excluding hydrogens is 589 g/mol. The van der Waals surface area contributed by atoms with Crippen molar-refractivity contribution in [3.8, 4) is 34.2 Å². The predicted octanol–water partition coefficient (Wildman–Crippen LogP) is 9.61. The van der Waals surface area contributed by atoms with E-state index in [2.05, 4.69) is 177 Å². The number of hydrogen-bond acceptors (Lipinski definition) is 2. The molecule has 5 heteroatoms. The van der Waals surface area contributed by atoms with Gasteiger partial charge in [0.15, 0.2) is 0 Å². The first-order chi connectivity index (χ1) is 22.7. The van der Waals surface area contributed by atoms with E-state index in [1.54, 1.807) is 0 Å². The van der Waals surface area contributed by atoms with Gasteiger partial charge in [-0.15, -0.1) is 0 Å². The fourth-order valence-electron chi connectivity index (χ4n) is 6.81. The number of nitrogens with zero attached hydrogens (tertiary/aromatic N) is 4. The molecule has 0 unspecified atom stereocenters. The SMILES string of the molecule is CC(C)c1cccc(C(C)C)c1-n1ccnc1-c1cccc([Si](C)(C)c2cccc(-c3nc4ccccc4n3-c3ccccc3)c2)c1. The van der Waals surface area contributed by atoms with Gasteiger partial charge in [0.2, 0.25) is 0 Å². The zero-order chi connectivity index (χ0) is 32.7. The Morgan fingerprint density at radius 1 is 0.596 bits per heavy atom. The molecular formula is C42H42N4Si. The Hall–Kier alpha value is -5.00. The van der Waals surface area contributed by atoms with Gasteiger partial charge < -0.3 is 0 Å². The Labute approximate surface area is 279 Å². The summed E-state index contributed by atoms with van der Waals surface area (Å²) in [7, 11) is -2.13. The molecule has 0 spiro atoms. The molecule has 4 nitrogen and oxygen atoms in total. The molecule has 234 valence electrons. The Bertz CT molecular complexity index is 2160. The van der Waals surface area contributed by atoms with Crippen LogP contribution in [0.4, 0.5) is 0 Å². The maximum Gasteiger partial charge on any atom is 0.145 e. The number of benzene rings is 5. The summed E-state index contributed by atoms with van der Waals surface area (Å²) in [5.74, 6) is 2.75. The van der Waals surface area contributed by atoms with E-state index in [0.717, 1.165) is 39.5 Å². The van der Waals surface area contributed by atoms with Crippen LogP contribution in [-0.2, 0) is 0 Å². The highest BCUT2D eigenvalue weighted by Gasteiger charge is 2.28. The Morgan fingerprint density at radius 3 is 1.81 bits per heavy atom. The van der Waals surface area contributed by atoms with Crippen molar-refractivity contribution in [3.05, 3.63) is 145 Å². The third-order valence-electron chi connectivity index (χ3n) is 9.48. The van der Waals surface area contributed by atoms with Gasteiger partial charge in [-0.25, -0.2) is 9.97 Å². The van der Waals surface area contributed by atoms with Crippen LogP contribution in [0.5, 0.6) is 0 Å². The second kappa shape index (κ2) is 12.3. The van der Waals surface area contributed by atoms with E-state index in [0.29, 0.717) is 11.8 Å². The summed E-state index contributed by atoms with van der Waals surface area (Å²) in [6, 6.07) is 43.8. The van der Waals surface area contributed by atoms with Gasteiger partial charge in [-0.05, 0) is 47.2 Å². The Morgan fingerprint density at radius 2 is 1.17 bits per heavy atom. The summed E-state index contributed by atoms with van der Waals surface area (Å²) in [6.45, 7) is 14.0. The van der Waals surface area contributed by atoms with E-state index in [-0.39, 0.29) is 0 Å². The van der Waals surface area contributed by atoms with Crippen molar-refractivity contribution in [2.24, 2.45) is 0 Å². The van der Waals surface area contributed by atoms with Gasteiger partial charge in [-0.1, -0.05) is 148 Å². The van der Waals surface area contributed by atoms with Crippen LogP contribution in [0.25, 0.3) is 45.2 Å². The van der Waals surface area contributed by atoms with Gasteiger partial charge in [-0.2, -0.15) is 0 Å². The first-order valence-corrected chi connectivity index (χ1v) is 19.7. The fourth-order valence-corrected chi connectivity index (χ4v) is 9.20. The van der Waals surface area contributed by atoms with Crippen LogP contribution in [0.1, 0.15) is 50.7 Å². The summed E-state index contributed by atoms with van der Waals surface area (Å²) >= 11 is 0. The van der Waals surface area contributed by atoms with Crippen LogP contribution in [0.2, 0.25) is 13.1 Å². The minimum atomic E-state index is -2.13. The maximum atomic E-state index is 5.15. The number of hydrogen-bond donors (Lipinski definition) is 0. The van der Waals surface area contributed by atoms with Crippen LogP contribution < -0.4 is 10.4 Å². The standard InChI is InChI=1S/C42H42N4Si/c1-29(2)36-21-14-22-37(30(3)4)40(36)45-26-25-43-41(45)31-15-12-19-34(27-31)47(5,6)35-20-13-16-32(28-35)42-44-38-23-10-11-24-39(38)46(42)33-17-8-7-9-18-33/h7-30H,1-6H3. The molecule has 2 heterocycles. The lowest BCUT2D eigenvalue weighted by molar-refractivity contribution is 0.807. The van der Waals surface area contributed by atoms with Crippen molar-refractivity contribution in [2.45, 2.75) is 52.6 Å². The normalized spacial score (nSPS) is 12.0. The highest BCUT2D eigenvalue weighted by Crippen LogP contribution is 2.34.